The van der Waals surface area contributed by atoms with Crippen LogP contribution >= 0.6 is 11.3 Å². The lowest BCUT2D eigenvalue weighted by atomic mass is 10.1. The molecule has 1 unspecified atom stereocenters. The van der Waals surface area contributed by atoms with Crippen LogP contribution in [0, 0.1) is 6.92 Å². The van der Waals surface area contributed by atoms with Crippen LogP contribution in [-0.2, 0) is 4.74 Å². The van der Waals surface area contributed by atoms with E-state index in [-0.39, 0.29) is 12.1 Å². The first-order valence-corrected chi connectivity index (χ1v) is 9.83. The summed E-state index contributed by atoms with van der Waals surface area (Å²) in [5.74, 6) is 1.73. The number of aromatic nitrogens is 1. The molecule has 4 rings (SSSR count). The fourth-order valence-corrected chi connectivity index (χ4v) is 3.95. The number of hydrogen-bond donors (Lipinski definition) is 2. The summed E-state index contributed by atoms with van der Waals surface area (Å²) in [6.07, 6.45) is 0. The molecule has 1 aromatic carbocycles. The molecule has 1 atom stereocenters. The van der Waals surface area contributed by atoms with E-state index in [2.05, 4.69) is 20.5 Å². The van der Waals surface area contributed by atoms with Crippen molar-refractivity contribution in [3.8, 4) is 0 Å². The molecule has 0 bridgehead atoms. The summed E-state index contributed by atoms with van der Waals surface area (Å²) >= 11 is 1.55. The zero-order valence-corrected chi connectivity index (χ0v) is 15.9. The number of morpholine rings is 1. The number of aryl methyl sites for hydroxylation is 1. The Morgan fingerprint density at radius 1 is 1.30 bits per heavy atom. The number of anilines is 1. The lowest BCUT2D eigenvalue weighted by molar-refractivity contribution is 0.0122. The van der Waals surface area contributed by atoms with Gasteiger partial charge in [0.25, 0.3) is 0 Å². The van der Waals surface area contributed by atoms with Crippen LogP contribution < -0.4 is 10.6 Å². The van der Waals surface area contributed by atoms with Crippen molar-refractivity contribution >= 4 is 33.3 Å². The Bertz CT molecular complexity index is 916. The van der Waals surface area contributed by atoms with Gasteiger partial charge in [0.05, 0.1) is 35.0 Å². The lowest BCUT2D eigenvalue weighted by Crippen LogP contribution is -2.44. The average molecular weight is 386 g/mol. The van der Waals surface area contributed by atoms with Gasteiger partial charge in [-0.1, -0.05) is 0 Å². The predicted octanol–water partition coefficient (Wildman–Crippen LogP) is 3.39. The summed E-state index contributed by atoms with van der Waals surface area (Å²) < 4.78 is 12.3. The quantitative estimate of drug-likeness (QED) is 0.703. The second kappa shape index (κ2) is 8.08. The standard InChI is InChI=1S/C19H22N4O3S/c1-13-2-5-17(26-13)16(23-6-8-25-9-7-23)11-20-19(24)22-14-3-4-15-18(10-14)27-12-21-15/h2-5,10,12,16H,6-9,11H2,1H3,(H2,20,22,24). The fourth-order valence-electron chi connectivity index (χ4n) is 3.23. The van der Waals surface area contributed by atoms with Crippen LogP contribution in [0.25, 0.3) is 10.2 Å². The highest BCUT2D eigenvalue weighted by Gasteiger charge is 2.25. The first-order valence-electron chi connectivity index (χ1n) is 8.95. The van der Waals surface area contributed by atoms with E-state index in [0.717, 1.165) is 40.5 Å². The van der Waals surface area contributed by atoms with Crippen molar-refractivity contribution in [1.82, 2.24) is 15.2 Å². The number of nitrogens with one attached hydrogen (secondary N) is 2. The average Bonchev–Trinajstić information content (AvgIpc) is 3.31. The minimum absolute atomic E-state index is 0.0164. The zero-order chi connectivity index (χ0) is 18.6. The maximum absolute atomic E-state index is 12.4. The van der Waals surface area contributed by atoms with Crippen LogP contribution in [0.2, 0.25) is 0 Å². The highest BCUT2D eigenvalue weighted by Crippen LogP contribution is 2.24. The van der Waals surface area contributed by atoms with Crippen molar-refractivity contribution in [2.45, 2.75) is 13.0 Å². The zero-order valence-electron chi connectivity index (χ0n) is 15.1. The normalized spacial score (nSPS) is 16.3. The number of carbonyl (C=O) groups is 1. The summed E-state index contributed by atoms with van der Waals surface area (Å²) in [6, 6.07) is 9.38. The van der Waals surface area contributed by atoms with Crippen LogP contribution in [0.5, 0.6) is 0 Å². The highest BCUT2D eigenvalue weighted by atomic mass is 32.1. The van der Waals surface area contributed by atoms with E-state index in [1.54, 1.807) is 16.8 Å². The number of benzene rings is 1. The van der Waals surface area contributed by atoms with Gasteiger partial charge in [-0.2, -0.15) is 0 Å². The Kier molecular flexibility index (Phi) is 5.38. The first-order chi connectivity index (χ1) is 13.2. The lowest BCUT2D eigenvalue weighted by Gasteiger charge is -2.33. The summed E-state index contributed by atoms with van der Waals surface area (Å²) in [5.41, 5.74) is 3.49. The highest BCUT2D eigenvalue weighted by molar-refractivity contribution is 7.16. The second-order valence-electron chi connectivity index (χ2n) is 6.48. The first kappa shape index (κ1) is 18.0. The van der Waals surface area contributed by atoms with E-state index in [1.165, 1.54) is 0 Å². The molecule has 0 spiro atoms. The van der Waals surface area contributed by atoms with E-state index in [1.807, 2.05) is 37.3 Å². The minimum atomic E-state index is -0.236. The molecule has 142 valence electrons. The van der Waals surface area contributed by atoms with Crippen molar-refractivity contribution in [3.05, 3.63) is 47.4 Å². The van der Waals surface area contributed by atoms with E-state index in [0.29, 0.717) is 19.8 Å². The molecule has 2 aromatic heterocycles. The summed E-state index contributed by atoms with van der Waals surface area (Å²) in [4.78, 5) is 18.9. The number of carbonyl (C=O) groups excluding carboxylic acids is 1. The third-order valence-electron chi connectivity index (χ3n) is 4.62. The molecule has 8 heteroatoms. The third kappa shape index (κ3) is 4.29. The van der Waals surface area contributed by atoms with Gasteiger partial charge in [-0.15, -0.1) is 11.3 Å². The van der Waals surface area contributed by atoms with Crippen molar-refractivity contribution in [1.29, 1.82) is 0 Å². The number of amides is 2. The fraction of sp³-hybridized carbons (Fsp3) is 0.368. The minimum Gasteiger partial charge on any atom is -0.465 e. The molecule has 0 saturated carbocycles. The number of nitrogens with zero attached hydrogens (tertiary/aromatic N) is 2. The molecule has 0 aliphatic carbocycles. The van der Waals surface area contributed by atoms with E-state index < -0.39 is 0 Å². The molecular formula is C19H22N4O3S. The van der Waals surface area contributed by atoms with Gasteiger partial charge in [-0.3, -0.25) is 4.90 Å². The number of thiazole rings is 1. The number of urea groups is 1. The van der Waals surface area contributed by atoms with Crippen molar-refractivity contribution in [3.63, 3.8) is 0 Å². The van der Waals surface area contributed by atoms with Gasteiger partial charge in [0.1, 0.15) is 11.5 Å². The smallest absolute Gasteiger partial charge is 0.319 e. The van der Waals surface area contributed by atoms with Crippen molar-refractivity contribution < 1.29 is 13.9 Å². The van der Waals surface area contributed by atoms with E-state index in [9.17, 15) is 4.79 Å². The van der Waals surface area contributed by atoms with Gasteiger partial charge in [0.2, 0.25) is 0 Å². The van der Waals surface area contributed by atoms with Gasteiger partial charge >= 0.3 is 6.03 Å². The van der Waals surface area contributed by atoms with Gasteiger partial charge < -0.3 is 19.8 Å². The second-order valence-corrected chi connectivity index (χ2v) is 7.37. The molecule has 1 aliphatic rings. The molecule has 0 radical (unpaired) electrons. The Morgan fingerprint density at radius 2 is 2.15 bits per heavy atom. The molecule has 1 aliphatic heterocycles. The summed E-state index contributed by atoms with van der Waals surface area (Å²) in [7, 11) is 0. The van der Waals surface area contributed by atoms with Crippen molar-refractivity contribution in [2.24, 2.45) is 0 Å². The van der Waals surface area contributed by atoms with Gasteiger partial charge in [-0.25, -0.2) is 9.78 Å². The maximum atomic E-state index is 12.4. The number of fused-ring (bicyclic) bond motifs is 1. The number of furan rings is 1. The Balaban J connectivity index is 1.40. The molecular weight excluding hydrogens is 364 g/mol. The largest absolute Gasteiger partial charge is 0.465 e. The molecule has 27 heavy (non-hydrogen) atoms. The molecule has 2 N–H and O–H groups in total. The predicted molar refractivity (Wildman–Crippen MR) is 105 cm³/mol. The SMILES string of the molecule is Cc1ccc(C(CNC(=O)Nc2ccc3ncsc3c2)N2CCOCC2)o1. The third-order valence-corrected chi connectivity index (χ3v) is 5.41. The number of rotatable bonds is 5. The molecule has 2 amide bonds. The summed E-state index contributed by atoms with van der Waals surface area (Å²) in [5, 5.41) is 5.87. The molecule has 1 fully saturated rings. The van der Waals surface area contributed by atoms with Gasteiger partial charge in [0, 0.05) is 25.3 Å². The maximum Gasteiger partial charge on any atom is 0.319 e. The Hall–Kier alpha value is -2.42. The van der Waals surface area contributed by atoms with E-state index >= 15 is 0 Å². The van der Waals surface area contributed by atoms with Crippen LogP contribution in [0.4, 0.5) is 10.5 Å². The van der Waals surface area contributed by atoms with Crippen LogP contribution in [0.15, 0.2) is 40.3 Å². The van der Waals surface area contributed by atoms with E-state index in [4.69, 9.17) is 9.15 Å². The summed E-state index contributed by atoms with van der Waals surface area (Å²) in [6.45, 7) is 5.40. The number of hydrogen-bond acceptors (Lipinski definition) is 6. The van der Waals surface area contributed by atoms with Crippen LogP contribution in [0.1, 0.15) is 17.6 Å². The molecule has 7 nitrogen and oxygen atoms in total. The van der Waals surface area contributed by atoms with Crippen LogP contribution in [-0.4, -0.2) is 48.8 Å². The molecule has 3 aromatic rings. The van der Waals surface area contributed by atoms with Crippen LogP contribution in [0.3, 0.4) is 0 Å². The number of ether oxygens (including phenoxy) is 1. The molecule has 1 saturated heterocycles. The topological polar surface area (TPSA) is 79.6 Å². The Labute approximate surface area is 161 Å². The monoisotopic (exact) mass is 386 g/mol. The van der Waals surface area contributed by atoms with Crippen molar-refractivity contribution in [2.75, 3.05) is 38.2 Å². The molecule has 3 heterocycles. The van der Waals surface area contributed by atoms with Gasteiger partial charge in [0.15, 0.2) is 0 Å². The van der Waals surface area contributed by atoms with Gasteiger partial charge in [-0.05, 0) is 37.3 Å². The Morgan fingerprint density at radius 3 is 2.93 bits per heavy atom.